The van der Waals surface area contributed by atoms with Gasteiger partial charge in [0, 0.05) is 5.75 Å². The molecule has 9 nitrogen and oxygen atoms in total. The number of hydrogen-bond donors (Lipinski definition) is 3. The number of esters is 1. The van der Waals surface area contributed by atoms with Gasteiger partial charge in [-0.1, -0.05) is 196 Å². The molecule has 0 aromatic heterocycles. The molecule has 2 atom stereocenters. The Bertz CT molecular complexity index is 2130. The molecule has 0 radical (unpaired) electrons. The second-order valence-electron chi connectivity index (χ2n) is 14.5. The van der Waals surface area contributed by atoms with E-state index < -0.39 is 59.3 Å². The van der Waals surface area contributed by atoms with Crippen LogP contribution in [-0.2, 0) is 35.2 Å². The third kappa shape index (κ3) is 11.3. The van der Waals surface area contributed by atoms with Gasteiger partial charge < -0.3 is 25.4 Å². The van der Waals surface area contributed by atoms with Crippen molar-refractivity contribution in [1.82, 2.24) is 16.0 Å². The molecule has 0 aliphatic carbocycles. The van der Waals surface area contributed by atoms with E-state index in [0.717, 1.165) is 33.4 Å². The van der Waals surface area contributed by atoms with Crippen molar-refractivity contribution in [1.29, 1.82) is 0 Å². The van der Waals surface area contributed by atoms with E-state index in [4.69, 9.17) is 9.47 Å². The number of alkyl carbamates (subject to hydrolysis) is 1. The van der Waals surface area contributed by atoms with Crippen LogP contribution in [0.25, 0.3) is 0 Å². The first-order valence-corrected chi connectivity index (χ1v) is 20.9. The van der Waals surface area contributed by atoms with Gasteiger partial charge in [-0.15, -0.1) is 11.8 Å². The van der Waals surface area contributed by atoms with Crippen LogP contribution in [0.15, 0.2) is 182 Å². The summed E-state index contributed by atoms with van der Waals surface area (Å²) >= 11 is 1.48. The molecule has 0 heterocycles. The minimum atomic E-state index is -1.15. The number of carbonyl (C=O) groups is 4. The van der Waals surface area contributed by atoms with Crippen LogP contribution in [0.5, 0.6) is 0 Å². The zero-order valence-corrected chi connectivity index (χ0v) is 34.4. The van der Waals surface area contributed by atoms with Crippen LogP contribution in [0.2, 0.25) is 0 Å². The standard InChI is InChI=1S/C50H49N3O6S/c1-36(2)45(53-49(57)59-46(38-23-11-4-12-24-38)39-25-13-5-14-26-39)48(56)52-43(47(55)51-33-44(54)58-34-37-21-9-3-10-22-37)35-60-50(40-27-15-6-16-28-40,41-29-17-7-18-30-41)42-31-19-8-20-32-42/h3-32,36,43,45-46H,33-35H2,1-2H3,(H,51,55)(H,52,56)(H,53,57). The van der Waals surface area contributed by atoms with E-state index in [0.29, 0.717) is 0 Å². The molecule has 6 aromatic carbocycles. The monoisotopic (exact) mass is 819 g/mol. The molecule has 10 heteroatoms. The minimum Gasteiger partial charge on any atom is -0.460 e. The summed E-state index contributed by atoms with van der Waals surface area (Å²) in [6.45, 7) is 3.23. The zero-order valence-electron chi connectivity index (χ0n) is 33.6. The molecular formula is C50H49N3O6S. The molecule has 2 unspecified atom stereocenters. The number of carbonyl (C=O) groups excluding carboxylic acids is 4. The second kappa shape index (κ2) is 21.4. The van der Waals surface area contributed by atoms with E-state index in [9.17, 15) is 19.2 Å². The fraction of sp³-hybridized carbons (Fsp3) is 0.200. The first kappa shape index (κ1) is 42.9. The lowest BCUT2D eigenvalue weighted by Gasteiger charge is -2.36. The molecule has 3 N–H and O–H groups in total. The summed E-state index contributed by atoms with van der Waals surface area (Å²) in [4.78, 5) is 55.0. The van der Waals surface area contributed by atoms with E-state index in [1.165, 1.54) is 11.8 Å². The van der Waals surface area contributed by atoms with Gasteiger partial charge >= 0.3 is 12.1 Å². The molecule has 6 aromatic rings. The van der Waals surface area contributed by atoms with Crippen LogP contribution in [0, 0.1) is 5.92 Å². The maximum absolute atomic E-state index is 14.3. The predicted molar refractivity (Wildman–Crippen MR) is 236 cm³/mol. The van der Waals surface area contributed by atoms with Gasteiger partial charge in [-0.2, -0.15) is 0 Å². The van der Waals surface area contributed by atoms with E-state index in [1.807, 2.05) is 182 Å². The van der Waals surface area contributed by atoms with Gasteiger partial charge in [0.25, 0.3) is 0 Å². The van der Waals surface area contributed by atoms with Crippen LogP contribution in [0.4, 0.5) is 4.79 Å². The van der Waals surface area contributed by atoms with Crippen LogP contribution < -0.4 is 16.0 Å². The van der Waals surface area contributed by atoms with Gasteiger partial charge in [-0.05, 0) is 39.3 Å². The van der Waals surface area contributed by atoms with Crippen molar-refractivity contribution in [3.05, 3.63) is 215 Å². The highest BCUT2D eigenvalue weighted by atomic mass is 32.2. The van der Waals surface area contributed by atoms with Crippen molar-refractivity contribution in [2.75, 3.05) is 12.3 Å². The Balaban J connectivity index is 1.26. The summed E-state index contributed by atoms with van der Waals surface area (Å²) in [6.07, 6.45) is -1.53. The lowest BCUT2D eigenvalue weighted by Crippen LogP contribution is -2.56. The van der Waals surface area contributed by atoms with Gasteiger partial charge in [0.15, 0.2) is 6.10 Å². The number of hydrogen-bond acceptors (Lipinski definition) is 7. The number of thioether (sulfide) groups is 1. The fourth-order valence-corrected chi connectivity index (χ4v) is 8.44. The zero-order chi connectivity index (χ0) is 42.2. The van der Waals surface area contributed by atoms with Crippen molar-refractivity contribution in [3.8, 4) is 0 Å². The Morgan fingerprint density at radius 1 is 0.567 bits per heavy atom. The van der Waals surface area contributed by atoms with Crippen LogP contribution in [0.1, 0.15) is 53.3 Å². The topological polar surface area (TPSA) is 123 Å². The number of rotatable bonds is 18. The highest BCUT2D eigenvalue weighted by molar-refractivity contribution is 8.00. The number of benzene rings is 6. The second-order valence-corrected chi connectivity index (χ2v) is 15.7. The van der Waals surface area contributed by atoms with Crippen molar-refractivity contribution < 1.29 is 28.7 Å². The highest BCUT2D eigenvalue weighted by Gasteiger charge is 2.39. The normalized spacial score (nSPS) is 12.2. The fourth-order valence-electron chi connectivity index (χ4n) is 6.88. The number of nitrogens with one attached hydrogen (secondary N) is 3. The minimum absolute atomic E-state index is 0.0482. The average Bonchev–Trinajstić information content (AvgIpc) is 3.30. The van der Waals surface area contributed by atoms with E-state index in [2.05, 4.69) is 16.0 Å². The van der Waals surface area contributed by atoms with Crippen molar-refractivity contribution in [2.24, 2.45) is 5.92 Å². The van der Waals surface area contributed by atoms with Gasteiger partial charge in [-0.3, -0.25) is 14.4 Å². The van der Waals surface area contributed by atoms with Crippen LogP contribution >= 0.6 is 11.8 Å². The predicted octanol–water partition coefficient (Wildman–Crippen LogP) is 8.60. The lowest BCUT2D eigenvalue weighted by molar-refractivity contribution is -0.145. The van der Waals surface area contributed by atoms with Gasteiger partial charge in [0.05, 0.1) is 4.75 Å². The number of amides is 3. The Morgan fingerprint density at radius 2 is 1.00 bits per heavy atom. The summed E-state index contributed by atoms with van der Waals surface area (Å²) < 4.78 is 10.6. The summed E-state index contributed by atoms with van der Waals surface area (Å²) in [5.41, 5.74) is 5.25. The molecule has 6 rings (SSSR count). The van der Waals surface area contributed by atoms with Gasteiger partial charge in [0.2, 0.25) is 11.8 Å². The maximum Gasteiger partial charge on any atom is 0.408 e. The molecule has 0 saturated heterocycles. The van der Waals surface area contributed by atoms with Crippen molar-refractivity contribution >= 4 is 35.6 Å². The Labute approximate surface area is 355 Å². The lowest BCUT2D eigenvalue weighted by atomic mass is 9.84. The summed E-state index contributed by atoms with van der Waals surface area (Å²) in [5.74, 6) is -2.13. The van der Waals surface area contributed by atoms with Crippen LogP contribution in [0.3, 0.4) is 0 Å². The van der Waals surface area contributed by atoms with Gasteiger partial charge in [-0.25, -0.2) is 4.79 Å². The summed E-state index contributed by atoms with van der Waals surface area (Å²) in [5, 5.41) is 8.41. The molecule has 3 amide bonds. The van der Waals surface area contributed by atoms with Crippen molar-refractivity contribution in [3.63, 3.8) is 0 Å². The molecule has 0 saturated carbocycles. The molecule has 306 valence electrons. The quantitative estimate of drug-likeness (QED) is 0.0587. The SMILES string of the molecule is CC(C)C(NC(=O)OC(c1ccccc1)c1ccccc1)C(=O)NC(CSC(c1ccccc1)(c1ccccc1)c1ccccc1)C(=O)NCC(=O)OCc1ccccc1. The van der Waals surface area contributed by atoms with E-state index in [1.54, 1.807) is 13.8 Å². The molecule has 0 aliphatic heterocycles. The third-order valence-corrected chi connectivity index (χ3v) is 11.6. The largest absolute Gasteiger partial charge is 0.460 e. The molecule has 0 bridgehead atoms. The molecule has 0 fully saturated rings. The molecule has 0 spiro atoms. The summed E-state index contributed by atoms with van der Waals surface area (Å²) in [7, 11) is 0. The molecular weight excluding hydrogens is 771 g/mol. The average molecular weight is 820 g/mol. The Hall–Kier alpha value is -6.65. The van der Waals surface area contributed by atoms with E-state index >= 15 is 0 Å². The molecule has 0 aliphatic rings. The van der Waals surface area contributed by atoms with Crippen molar-refractivity contribution in [2.45, 2.75) is 43.4 Å². The first-order chi connectivity index (χ1) is 29.2. The van der Waals surface area contributed by atoms with Crippen LogP contribution in [-0.4, -0.2) is 48.3 Å². The third-order valence-electron chi connectivity index (χ3n) is 9.94. The Kier molecular flexibility index (Phi) is 15.3. The first-order valence-electron chi connectivity index (χ1n) is 19.9. The smallest absolute Gasteiger partial charge is 0.408 e. The summed E-state index contributed by atoms with van der Waals surface area (Å²) in [6, 6.07) is 55.7. The Morgan fingerprint density at radius 3 is 1.45 bits per heavy atom. The van der Waals surface area contributed by atoms with Gasteiger partial charge in [0.1, 0.15) is 25.2 Å². The molecule has 60 heavy (non-hydrogen) atoms. The number of ether oxygens (including phenoxy) is 2. The highest BCUT2D eigenvalue weighted by Crippen LogP contribution is 2.48. The maximum atomic E-state index is 14.3. The van der Waals surface area contributed by atoms with E-state index in [-0.39, 0.29) is 12.4 Å².